The molecular weight excluding hydrogens is 258 g/mol. The molecule has 0 saturated carbocycles. The summed E-state index contributed by atoms with van der Waals surface area (Å²) in [5, 5.41) is 7.15. The fraction of sp³-hybridized carbons (Fsp3) is 0.333. The standard InChI is InChI=1S/C9H12ClN7O/c1-5-14-7(18-17-5)2-3-12-8-6(10)4-13-9(15-8)16-11/h4H,2-3,11H2,1H3,(H2,12,13,15,16). The van der Waals surface area contributed by atoms with E-state index in [1.807, 2.05) is 0 Å². The first-order chi connectivity index (χ1) is 8.69. The van der Waals surface area contributed by atoms with E-state index >= 15 is 0 Å². The zero-order valence-electron chi connectivity index (χ0n) is 9.64. The molecular formula is C9H12ClN7O. The van der Waals surface area contributed by atoms with Gasteiger partial charge in [-0.05, 0) is 6.92 Å². The van der Waals surface area contributed by atoms with Crippen LogP contribution in [-0.2, 0) is 6.42 Å². The van der Waals surface area contributed by atoms with E-state index < -0.39 is 0 Å². The quantitative estimate of drug-likeness (QED) is 0.538. The number of hydrogen-bond donors (Lipinski definition) is 3. The Morgan fingerprint density at radius 1 is 1.44 bits per heavy atom. The number of aryl methyl sites for hydroxylation is 1. The van der Waals surface area contributed by atoms with Crippen LogP contribution in [0.4, 0.5) is 11.8 Å². The van der Waals surface area contributed by atoms with Crippen LogP contribution in [-0.4, -0.2) is 26.7 Å². The number of anilines is 2. The summed E-state index contributed by atoms with van der Waals surface area (Å²) in [6.07, 6.45) is 2.04. The van der Waals surface area contributed by atoms with Crippen molar-refractivity contribution in [3.63, 3.8) is 0 Å². The molecule has 0 bridgehead atoms. The Labute approximate surface area is 108 Å². The van der Waals surface area contributed by atoms with Crippen LogP contribution in [0.3, 0.4) is 0 Å². The third-order valence-corrected chi connectivity index (χ3v) is 2.35. The number of nitrogen functional groups attached to an aromatic ring is 1. The fourth-order valence-corrected chi connectivity index (χ4v) is 1.45. The number of nitrogens with two attached hydrogens (primary N) is 1. The molecule has 96 valence electrons. The van der Waals surface area contributed by atoms with E-state index in [0.717, 1.165) is 0 Å². The molecule has 0 aliphatic rings. The molecule has 0 fully saturated rings. The number of halogens is 1. The minimum Gasteiger partial charge on any atom is -0.368 e. The predicted molar refractivity (Wildman–Crippen MR) is 66.1 cm³/mol. The maximum absolute atomic E-state index is 5.93. The molecule has 0 amide bonds. The predicted octanol–water partition coefficient (Wildman–Crippen LogP) is 0.762. The molecule has 0 atom stereocenters. The molecule has 0 aromatic carbocycles. The third-order valence-electron chi connectivity index (χ3n) is 2.07. The molecule has 0 unspecified atom stereocenters. The van der Waals surface area contributed by atoms with E-state index in [1.54, 1.807) is 6.92 Å². The van der Waals surface area contributed by atoms with Gasteiger partial charge in [0.2, 0.25) is 11.8 Å². The van der Waals surface area contributed by atoms with Gasteiger partial charge >= 0.3 is 0 Å². The van der Waals surface area contributed by atoms with Crippen molar-refractivity contribution in [2.75, 3.05) is 17.3 Å². The van der Waals surface area contributed by atoms with Gasteiger partial charge < -0.3 is 9.84 Å². The lowest BCUT2D eigenvalue weighted by Crippen LogP contribution is -2.13. The molecule has 8 nitrogen and oxygen atoms in total. The molecule has 0 aliphatic heterocycles. The molecule has 2 aromatic rings. The highest BCUT2D eigenvalue weighted by atomic mass is 35.5. The van der Waals surface area contributed by atoms with Gasteiger partial charge in [-0.1, -0.05) is 16.8 Å². The van der Waals surface area contributed by atoms with Crippen molar-refractivity contribution in [2.45, 2.75) is 13.3 Å². The van der Waals surface area contributed by atoms with Crippen molar-refractivity contribution >= 4 is 23.4 Å². The van der Waals surface area contributed by atoms with E-state index in [1.165, 1.54) is 6.20 Å². The smallest absolute Gasteiger partial charge is 0.239 e. The molecule has 0 saturated heterocycles. The maximum Gasteiger partial charge on any atom is 0.239 e. The van der Waals surface area contributed by atoms with Crippen molar-refractivity contribution < 1.29 is 4.52 Å². The Kier molecular flexibility index (Phi) is 3.90. The minimum atomic E-state index is 0.288. The van der Waals surface area contributed by atoms with E-state index in [0.29, 0.717) is 35.5 Å². The summed E-state index contributed by atoms with van der Waals surface area (Å²) >= 11 is 5.93. The number of hydrogen-bond acceptors (Lipinski definition) is 8. The lowest BCUT2D eigenvalue weighted by molar-refractivity contribution is 0.377. The van der Waals surface area contributed by atoms with Gasteiger partial charge in [-0.3, -0.25) is 5.43 Å². The second-order valence-electron chi connectivity index (χ2n) is 3.45. The van der Waals surface area contributed by atoms with Crippen LogP contribution >= 0.6 is 11.6 Å². The van der Waals surface area contributed by atoms with Crippen molar-refractivity contribution in [2.24, 2.45) is 5.84 Å². The summed E-state index contributed by atoms with van der Waals surface area (Å²) in [6, 6.07) is 0. The van der Waals surface area contributed by atoms with E-state index in [4.69, 9.17) is 22.0 Å². The van der Waals surface area contributed by atoms with Crippen molar-refractivity contribution in [1.29, 1.82) is 0 Å². The molecule has 0 spiro atoms. The molecule has 2 aromatic heterocycles. The van der Waals surface area contributed by atoms with Crippen LogP contribution in [0.15, 0.2) is 10.7 Å². The van der Waals surface area contributed by atoms with Gasteiger partial charge in [0, 0.05) is 13.0 Å². The molecule has 4 N–H and O–H groups in total. The third kappa shape index (κ3) is 3.05. The highest BCUT2D eigenvalue weighted by Crippen LogP contribution is 2.18. The summed E-state index contributed by atoms with van der Waals surface area (Å²) in [4.78, 5) is 12.0. The Balaban J connectivity index is 1.93. The lowest BCUT2D eigenvalue weighted by Gasteiger charge is -2.07. The highest BCUT2D eigenvalue weighted by Gasteiger charge is 2.06. The fourth-order valence-electron chi connectivity index (χ4n) is 1.29. The maximum atomic E-state index is 5.93. The molecule has 2 rings (SSSR count). The van der Waals surface area contributed by atoms with Gasteiger partial charge in [-0.15, -0.1) is 0 Å². The van der Waals surface area contributed by atoms with E-state index in [9.17, 15) is 0 Å². The number of nitrogens with zero attached hydrogens (tertiary/aromatic N) is 4. The van der Waals surface area contributed by atoms with Gasteiger partial charge in [0.15, 0.2) is 11.6 Å². The SMILES string of the molecule is Cc1noc(CCNc2nc(NN)ncc2Cl)n1. The van der Waals surface area contributed by atoms with Crippen LogP contribution < -0.4 is 16.6 Å². The number of aromatic nitrogens is 4. The minimum absolute atomic E-state index is 0.288. The Hall–Kier alpha value is -1.93. The lowest BCUT2D eigenvalue weighted by atomic mass is 10.4. The van der Waals surface area contributed by atoms with E-state index in [2.05, 4.69) is 30.9 Å². The van der Waals surface area contributed by atoms with Crippen LogP contribution in [0.1, 0.15) is 11.7 Å². The van der Waals surface area contributed by atoms with Gasteiger partial charge in [-0.25, -0.2) is 10.8 Å². The number of hydrazine groups is 1. The molecule has 0 radical (unpaired) electrons. The zero-order valence-corrected chi connectivity index (χ0v) is 10.4. The van der Waals surface area contributed by atoms with Crippen molar-refractivity contribution in [1.82, 2.24) is 20.1 Å². The van der Waals surface area contributed by atoms with Crippen molar-refractivity contribution in [3.8, 4) is 0 Å². The number of rotatable bonds is 5. The van der Waals surface area contributed by atoms with Crippen LogP contribution in [0.5, 0.6) is 0 Å². The second-order valence-corrected chi connectivity index (χ2v) is 3.85. The van der Waals surface area contributed by atoms with Crippen LogP contribution in [0, 0.1) is 6.92 Å². The van der Waals surface area contributed by atoms with Gasteiger partial charge in [0.05, 0.1) is 6.20 Å². The molecule has 2 heterocycles. The van der Waals surface area contributed by atoms with Crippen molar-refractivity contribution in [3.05, 3.63) is 22.9 Å². The average Bonchev–Trinajstić information content (AvgIpc) is 2.77. The topological polar surface area (TPSA) is 115 Å². The monoisotopic (exact) mass is 269 g/mol. The second kappa shape index (κ2) is 5.61. The van der Waals surface area contributed by atoms with Crippen LogP contribution in [0.25, 0.3) is 0 Å². The summed E-state index contributed by atoms with van der Waals surface area (Å²) in [5.41, 5.74) is 2.34. The van der Waals surface area contributed by atoms with Gasteiger partial charge in [0.1, 0.15) is 5.02 Å². The van der Waals surface area contributed by atoms with Gasteiger partial charge in [0.25, 0.3) is 0 Å². The average molecular weight is 270 g/mol. The Morgan fingerprint density at radius 3 is 2.94 bits per heavy atom. The first-order valence-corrected chi connectivity index (χ1v) is 5.59. The zero-order chi connectivity index (χ0) is 13.0. The summed E-state index contributed by atoms with van der Waals surface area (Å²) in [5.74, 6) is 7.16. The summed E-state index contributed by atoms with van der Waals surface area (Å²) < 4.78 is 4.98. The van der Waals surface area contributed by atoms with Crippen LogP contribution in [0.2, 0.25) is 5.02 Å². The summed E-state index contributed by atoms with van der Waals surface area (Å²) in [7, 11) is 0. The highest BCUT2D eigenvalue weighted by molar-refractivity contribution is 6.32. The molecule has 18 heavy (non-hydrogen) atoms. The Bertz CT molecular complexity index is 529. The first kappa shape index (κ1) is 12.5. The number of nitrogens with one attached hydrogen (secondary N) is 2. The first-order valence-electron chi connectivity index (χ1n) is 5.21. The molecule has 0 aliphatic carbocycles. The Morgan fingerprint density at radius 2 is 2.28 bits per heavy atom. The summed E-state index contributed by atoms with van der Waals surface area (Å²) in [6.45, 7) is 2.32. The normalized spacial score (nSPS) is 10.4. The van der Waals surface area contributed by atoms with E-state index in [-0.39, 0.29) is 5.95 Å². The van der Waals surface area contributed by atoms with Gasteiger partial charge in [-0.2, -0.15) is 9.97 Å². The molecule has 9 heteroatoms. The largest absolute Gasteiger partial charge is 0.368 e.